The highest BCUT2D eigenvalue weighted by atomic mass is 32.2. The van der Waals surface area contributed by atoms with Gasteiger partial charge in [-0.2, -0.15) is 11.8 Å². The number of ether oxygens (including phenoxy) is 1. The standard InChI is InChI=1S/C17H34N2OS/c1-16(2,3)14-15(18)4-8-19-9-5-17(20-11-10-19)6-12-21-13-7-17/h15H,4-14,18H2,1-3H3. The smallest absolute Gasteiger partial charge is 0.0711 e. The Labute approximate surface area is 135 Å². The van der Waals surface area contributed by atoms with Gasteiger partial charge in [-0.3, -0.25) is 0 Å². The minimum atomic E-state index is 0.202. The first-order valence-corrected chi connectivity index (χ1v) is 9.74. The van der Waals surface area contributed by atoms with Gasteiger partial charge in [-0.15, -0.1) is 0 Å². The van der Waals surface area contributed by atoms with Crippen molar-refractivity contribution in [1.82, 2.24) is 4.90 Å². The van der Waals surface area contributed by atoms with E-state index in [4.69, 9.17) is 10.5 Å². The first-order valence-electron chi connectivity index (χ1n) is 8.58. The first-order chi connectivity index (χ1) is 9.89. The summed E-state index contributed by atoms with van der Waals surface area (Å²) < 4.78 is 6.26. The lowest BCUT2D eigenvalue weighted by Crippen LogP contribution is -2.37. The summed E-state index contributed by atoms with van der Waals surface area (Å²) in [6.45, 7) is 11.1. The van der Waals surface area contributed by atoms with Crippen molar-refractivity contribution < 1.29 is 4.74 Å². The third kappa shape index (κ3) is 6.09. The molecule has 0 amide bonds. The van der Waals surface area contributed by atoms with Crippen molar-refractivity contribution in [1.29, 1.82) is 0 Å². The summed E-state index contributed by atoms with van der Waals surface area (Å²) in [5.41, 5.74) is 6.83. The molecule has 2 fully saturated rings. The zero-order valence-corrected chi connectivity index (χ0v) is 15.0. The molecule has 21 heavy (non-hydrogen) atoms. The predicted octanol–water partition coefficient (Wildman–Crippen LogP) is 3.13. The van der Waals surface area contributed by atoms with Crippen molar-refractivity contribution in [2.24, 2.45) is 11.1 Å². The minimum absolute atomic E-state index is 0.202. The van der Waals surface area contributed by atoms with Gasteiger partial charge in [0.15, 0.2) is 0 Å². The lowest BCUT2D eigenvalue weighted by molar-refractivity contribution is -0.0439. The van der Waals surface area contributed by atoms with Crippen molar-refractivity contribution in [3.05, 3.63) is 0 Å². The number of thioether (sulfide) groups is 1. The summed E-state index contributed by atoms with van der Waals surface area (Å²) in [4.78, 5) is 2.57. The van der Waals surface area contributed by atoms with Crippen LogP contribution in [0.1, 0.15) is 52.9 Å². The highest BCUT2D eigenvalue weighted by Crippen LogP contribution is 2.34. The van der Waals surface area contributed by atoms with Crippen LogP contribution in [0, 0.1) is 5.41 Å². The van der Waals surface area contributed by atoms with E-state index in [0.29, 0.717) is 11.5 Å². The molecule has 2 aliphatic heterocycles. The molecule has 0 radical (unpaired) electrons. The Bertz CT molecular complexity index is 310. The largest absolute Gasteiger partial charge is 0.374 e. The van der Waals surface area contributed by atoms with Crippen LogP contribution in [0.25, 0.3) is 0 Å². The van der Waals surface area contributed by atoms with Crippen molar-refractivity contribution in [2.75, 3.05) is 37.7 Å². The van der Waals surface area contributed by atoms with Gasteiger partial charge < -0.3 is 15.4 Å². The number of rotatable bonds is 4. The summed E-state index contributed by atoms with van der Waals surface area (Å²) in [6.07, 6.45) is 5.92. The zero-order valence-electron chi connectivity index (χ0n) is 14.2. The molecule has 0 aromatic carbocycles. The molecule has 0 saturated carbocycles. The van der Waals surface area contributed by atoms with E-state index in [0.717, 1.165) is 32.5 Å². The third-order valence-corrected chi connectivity index (χ3v) is 5.78. The topological polar surface area (TPSA) is 38.5 Å². The van der Waals surface area contributed by atoms with Gasteiger partial charge in [0, 0.05) is 19.1 Å². The molecule has 0 aromatic rings. The van der Waals surface area contributed by atoms with E-state index in [9.17, 15) is 0 Å². The maximum absolute atomic E-state index is 6.29. The fraction of sp³-hybridized carbons (Fsp3) is 1.00. The molecule has 2 rings (SSSR count). The van der Waals surface area contributed by atoms with Crippen LogP contribution in [-0.2, 0) is 4.74 Å². The highest BCUT2D eigenvalue weighted by Gasteiger charge is 2.35. The Morgan fingerprint density at radius 3 is 2.57 bits per heavy atom. The summed E-state index contributed by atoms with van der Waals surface area (Å²) in [6, 6.07) is 0.328. The van der Waals surface area contributed by atoms with Gasteiger partial charge >= 0.3 is 0 Å². The lowest BCUT2D eigenvalue weighted by atomic mass is 9.87. The fourth-order valence-corrected chi connectivity index (χ4v) is 4.77. The van der Waals surface area contributed by atoms with E-state index in [1.807, 2.05) is 0 Å². The van der Waals surface area contributed by atoms with Gasteiger partial charge in [-0.1, -0.05) is 20.8 Å². The number of nitrogens with zero attached hydrogens (tertiary/aromatic N) is 1. The van der Waals surface area contributed by atoms with Gasteiger partial charge in [0.2, 0.25) is 0 Å². The normalized spacial score (nSPS) is 25.7. The highest BCUT2D eigenvalue weighted by molar-refractivity contribution is 7.99. The van der Waals surface area contributed by atoms with Gasteiger partial charge in [0.05, 0.1) is 12.2 Å². The van der Waals surface area contributed by atoms with Crippen LogP contribution < -0.4 is 5.73 Å². The van der Waals surface area contributed by atoms with Gasteiger partial charge in [-0.05, 0) is 55.6 Å². The molecule has 2 N–H and O–H groups in total. The minimum Gasteiger partial charge on any atom is -0.374 e. The number of nitrogens with two attached hydrogens (primary N) is 1. The second kappa shape index (κ2) is 7.67. The van der Waals surface area contributed by atoms with E-state index >= 15 is 0 Å². The molecule has 3 nitrogen and oxygen atoms in total. The SMILES string of the molecule is CC(C)(C)CC(N)CCN1CCOC2(CCSCC2)CC1. The van der Waals surface area contributed by atoms with E-state index in [1.54, 1.807) is 0 Å². The quantitative estimate of drug-likeness (QED) is 0.865. The summed E-state index contributed by atoms with van der Waals surface area (Å²) in [7, 11) is 0. The van der Waals surface area contributed by atoms with Gasteiger partial charge in [0.1, 0.15) is 0 Å². The molecule has 2 saturated heterocycles. The average molecular weight is 315 g/mol. The van der Waals surface area contributed by atoms with Crippen LogP contribution in [0.2, 0.25) is 0 Å². The Morgan fingerprint density at radius 1 is 1.19 bits per heavy atom. The van der Waals surface area contributed by atoms with Crippen LogP contribution in [0.3, 0.4) is 0 Å². The zero-order chi connectivity index (χ0) is 15.3. The van der Waals surface area contributed by atoms with E-state index in [2.05, 4.69) is 37.4 Å². The second-order valence-electron chi connectivity index (χ2n) is 8.05. The summed E-state index contributed by atoms with van der Waals surface area (Å²) in [5, 5.41) is 0. The predicted molar refractivity (Wildman–Crippen MR) is 93.0 cm³/mol. The van der Waals surface area contributed by atoms with Crippen LogP contribution in [0.15, 0.2) is 0 Å². The van der Waals surface area contributed by atoms with Gasteiger partial charge in [-0.25, -0.2) is 0 Å². The number of hydrogen-bond donors (Lipinski definition) is 1. The lowest BCUT2D eigenvalue weighted by Gasteiger charge is -2.35. The van der Waals surface area contributed by atoms with E-state index < -0.39 is 0 Å². The molecule has 2 aliphatic rings. The van der Waals surface area contributed by atoms with Crippen molar-refractivity contribution >= 4 is 11.8 Å². The Morgan fingerprint density at radius 2 is 1.90 bits per heavy atom. The monoisotopic (exact) mass is 314 g/mol. The molecule has 0 bridgehead atoms. The third-order valence-electron chi connectivity index (χ3n) is 4.79. The van der Waals surface area contributed by atoms with Crippen LogP contribution in [0.4, 0.5) is 0 Å². The van der Waals surface area contributed by atoms with E-state index in [1.165, 1.54) is 37.3 Å². The second-order valence-corrected chi connectivity index (χ2v) is 9.27. The Kier molecular flexibility index (Phi) is 6.42. The number of hydrogen-bond acceptors (Lipinski definition) is 4. The molecule has 124 valence electrons. The summed E-state index contributed by atoms with van der Waals surface area (Å²) >= 11 is 2.08. The molecule has 0 aliphatic carbocycles. The molecular weight excluding hydrogens is 280 g/mol. The van der Waals surface area contributed by atoms with Crippen LogP contribution >= 0.6 is 11.8 Å². The molecule has 1 atom stereocenters. The molecule has 0 aromatic heterocycles. The van der Waals surface area contributed by atoms with Crippen LogP contribution in [0.5, 0.6) is 0 Å². The molecule has 1 unspecified atom stereocenters. The fourth-order valence-electron chi connectivity index (χ4n) is 3.54. The molecule has 2 heterocycles. The first kappa shape index (κ1) is 17.6. The summed E-state index contributed by atoms with van der Waals surface area (Å²) in [5.74, 6) is 2.55. The maximum atomic E-state index is 6.29. The van der Waals surface area contributed by atoms with Crippen molar-refractivity contribution in [2.45, 2.75) is 64.5 Å². The van der Waals surface area contributed by atoms with Crippen LogP contribution in [-0.4, -0.2) is 54.3 Å². The Hall–Kier alpha value is 0.230. The van der Waals surface area contributed by atoms with Crippen molar-refractivity contribution in [3.63, 3.8) is 0 Å². The molecular formula is C17H34N2OS. The Balaban J connectivity index is 1.73. The van der Waals surface area contributed by atoms with E-state index in [-0.39, 0.29) is 5.60 Å². The van der Waals surface area contributed by atoms with Gasteiger partial charge in [0.25, 0.3) is 0 Å². The van der Waals surface area contributed by atoms with Crippen molar-refractivity contribution in [3.8, 4) is 0 Å². The maximum Gasteiger partial charge on any atom is 0.0711 e. The molecule has 4 heteroatoms. The average Bonchev–Trinajstić information content (AvgIpc) is 2.59. The molecule has 1 spiro atoms.